The second-order valence-electron chi connectivity index (χ2n) is 10.3. The van der Waals surface area contributed by atoms with Crippen molar-refractivity contribution in [3.8, 4) is 11.5 Å². The highest BCUT2D eigenvalue weighted by Gasteiger charge is 2.12. The van der Waals surface area contributed by atoms with Crippen LogP contribution in [0.25, 0.3) is 0 Å². The van der Waals surface area contributed by atoms with Crippen LogP contribution in [0.5, 0.6) is 11.5 Å². The molecule has 0 atom stereocenters. The van der Waals surface area contributed by atoms with Gasteiger partial charge < -0.3 is 14.8 Å². The lowest BCUT2D eigenvalue weighted by Crippen LogP contribution is -2.34. The number of benzene rings is 2. The van der Waals surface area contributed by atoms with Crippen LogP contribution in [-0.2, 0) is 6.54 Å². The van der Waals surface area contributed by atoms with Crippen molar-refractivity contribution in [2.75, 3.05) is 19.0 Å². The first-order valence-electron chi connectivity index (χ1n) is 14.8. The van der Waals surface area contributed by atoms with E-state index in [2.05, 4.69) is 35.3 Å². The molecule has 0 bridgehead atoms. The Labute approximate surface area is 239 Å². The van der Waals surface area contributed by atoms with E-state index in [1.807, 2.05) is 42.5 Å². The number of thiazole rings is 1. The number of nitrogens with zero attached hydrogens (tertiary/aromatic N) is 1. The minimum atomic E-state index is -0.145. The summed E-state index contributed by atoms with van der Waals surface area (Å²) in [6.07, 6.45) is 18.0. The summed E-state index contributed by atoms with van der Waals surface area (Å²) < 4.78 is 13.7. The number of aryl methyl sites for hydroxylation is 1. The van der Waals surface area contributed by atoms with Crippen molar-refractivity contribution in [3.05, 3.63) is 70.2 Å². The SMILES string of the molecule is CCCCCCCCCCCCCCOc1ccc(NC(=O)c2ccc(C[n+]3ccsc3C)cc2)cc1OC. The smallest absolute Gasteiger partial charge is 0.255 e. The molecule has 0 spiro atoms. The Hall–Kier alpha value is -2.86. The molecule has 3 aromatic rings. The van der Waals surface area contributed by atoms with Crippen LogP contribution in [0.1, 0.15) is 105 Å². The highest BCUT2D eigenvalue weighted by molar-refractivity contribution is 7.09. The molecule has 1 N–H and O–H groups in total. The summed E-state index contributed by atoms with van der Waals surface area (Å²) in [5.74, 6) is 1.20. The number of ether oxygens (including phenoxy) is 2. The Morgan fingerprint density at radius 3 is 2.08 bits per heavy atom. The summed E-state index contributed by atoms with van der Waals surface area (Å²) in [5.41, 5.74) is 2.47. The van der Waals surface area contributed by atoms with E-state index in [9.17, 15) is 4.79 Å². The van der Waals surface area contributed by atoms with Crippen LogP contribution in [0.4, 0.5) is 5.69 Å². The predicted molar refractivity (Wildman–Crippen MR) is 162 cm³/mol. The van der Waals surface area contributed by atoms with E-state index in [1.54, 1.807) is 18.4 Å². The third-order valence-electron chi connectivity index (χ3n) is 7.13. The fourth-order valence-corrected chi connectivity index (χ4v) is 5.36. The number of rotatable bonds is 19. The number of aromatic nitrogens is 1. The van der Waals surface area contributed by atoms with Gasteiger partial charge in [0, 0.05) is 29.8 Å². The van der Waals surface area contributed by atoms with Crippen molar-refractivity contribution in [1.29, 1.82) is 0 Å². The summed E-state index contributed by atoms with van der Waals surface area (Å²) in [4.78, 5) is 12.8. The normalized spacial score (nSPS) is 10.9. The average molecular weight is 552 g/mol. The van der Waals surface area contributed by atoms with Crippen LogP contribution in [0.3, 0.4) is 0 Å². The number of carbonyl (C=O) groups excluding carboxylic acids is 1. The van der Waals surface area contributed by atoms with E-state index in [-0.39, 0.29) is 5.91 Å². The van der Waals surface area contributed by atoms with Gasteiger partial charge in [0.05, 0.1) is 19.1 Å². The summed E-state index contributed by atoms with van der Waals surface area (Å²) >= 11 is 1.73. The first-order chi connectivity index (χ1) is 19.1. The maximum Gasteiger partial charge on any atom is 0.255 e. The summed E-state index contributed by atoms with van der Waals surface area (Å²) in [6, 6.07) is 13.3. The molecule has 212 valence electrons. The highest BCUT2D eigenvalue weighted by atomic mass is 32.1. The molecule has 0 aliphatic heterocycles. The van der Waals surface area contributed by atoms with Crippen molar-refractivity contribution in [2.24, 2.45) is 0 Å². The Morgan fingerprint density at radius 1 is 0.846 bits per heavy atom. The lowest BCUT2D eigenvalue weighted by Gasteiger charge is -2.13. The van der Waals surface area contributed by atoms with Gasteiger partial charge in [0.2, 0.25) is 5.01 Å². The molecule has 0 saturated carbocycles. The van der Waals surface area contributed by atoms with Crippen molar-refractivity contribution in [2.45, 2.75) is 97.4 Å². The molecular formula is C33H47N2O3S+. The zero-order valence-electron chi connectivity index (χ0n) is 24.2. The fourth-order valence-electron chi connectivity index (χ4n) is 4.69. The minimum absolute atomic E-state index is 0.145. The standard InChI is InChI=1S/C33H46N2O3S/c1-4-5-6-7-8-9-10-11-12-13-14-15-23-38-31-21-20-30(25-32(31)37-3)34-33(36)29-18-16-28(17-19-29)26-35-22-24-39-27(35)2/h16-22,24-25H,4-15,23,26H2,1-3H3/p+1. The molecule has 0 saturated heterocycles. The number of hydrogen-bond donors (Lipinski definition) is 1. The van der Waals surface area contributed by atoms with E-state index in [0.29, 0.717) is 29.4 Å². The molecule has 1 heterocycles. The van der Waals surface area contributed by atoms with E-state index in [0.717, 1.165) is 18.5 Å². The Balaban J connectivity index is 1.34. The molecule has 39 heavy (non-hydrogen) atoms. The van der Waals surface area contributed by atoms with Gasteiger partial charge in [0.1, 0.15) is 0 Å². The predicted octanol–water partition coefficient (Wildman–Crippen LogP) is 8.73. The van der Waals surface area contributed by atoms with Gasteiger partial charge in [-0.15, -0.1) is 0 Å². The van der Waals surface area contributed by atoms with E-state index < -0.39 is 0 Å². The minimum Gasteiger partial charge on any atom is -0.493 e. The van der Waals surface area contributed by atoms with Crippen molar-refractivity contribution < 1.29 is 18.8 Å². The summed E-state index contributed by atoms with van der Waals surface area (Å²) in [5, 5.41) is 6.31. The zero-order chi connectivity index (χ0) is 27.7. The van der Waals surface area contributed by atoms with Crippen molar-refractivity contribution in [1.82, 2.24) is 0 Å². The van der Waals surface area contributed by atoms with Gasteiger partial charge in [-0.25, -0.2) is 0 Å². The molecule has 1 aromatic heterocycles. The number of anilines is 1. The highest BCUT2D eigenvalue weighted by Crippen LogP contribution is 2.30. The van der Waals surface area contributed by atoms with Gasteiger partial charge >= 0.3 is 0 Å². The lowest BCUT2D eigenvalue weighted by atomic mass is 10.1. The third kappa shape index (κ3) is 11.0. The molecule has 2 aromatic carbocycles. The second-order valence-corrected chi connectivity index (χ2v) is 11.4. The molecular weight excluding hydrogens is 504 g/mol. The molecule has 5 nitrogen and oxygen atoms in total. The van der Waals surface area contributed by atoms with Gasteiger partial charge in [-0.3, -0.25) is 4.79 Å². The summed E-state index contributed by atoms with van der Waals surface area (Å²) in [6.45, 7) is 5.86. The largest absolute Gasteiger partial charge is 0.493 e. The van der Waals surface area contributed by atoms with Crippen LogP contribution in [0.15, 0.2) is 54.0 Å². The average Bonchev–Trinajstić information content (AvgIpc) is 3.36. The molecule has 0 fully saturated rings. The maximum atomic E-state index is 12.8. The fraction of sp³-hybridized carbons (Fsp3) is 0.515. The van der Waals surface area contributed by atoms with Crippen molar-refractivity contribution in [3.63, 3.8) is 0 Å². The monoisotopic (exact) mass is 551 g/mol. The Kier molecular flexibility index (Phi) is 13.9. The lowest BCUT2D eigenvalue weighted by molar-refractivity contribution is -0.689. The zero-order valence-corrected chi connectivity index (χ0v) is 25.0. The molecule has 0 radical (unpaired) electrons. The molecule has 0 aliphatic rings. The third-order valence-corrected chi connectivity index (χ3v) is 7.96. The number of carbonyl (C=O) groups is 1. The molecule has 6 heteroatoms. The summed E-state index contributed by atoms with van der Waals surface area (Å²) in [7, 11) is 1.63. The van der Waals surface area contributed by atoms with Gasteiger partial charge in [-0.1, -0.05) is 101 Å². The van der Waals surface area contributed by atoms with Crippen LogP contribution in [0, 0.1) is 6.92 Å². The second kappa shape index (κ2) is 17.7. The number of amides is 1. The van der Waals surface area contributed by atoms with Gasteiger partial charge in [-0.2, -0.15) is 4.57 Å². The molecule has 0 aliphatic carbocycles. The Morgan fingerprint density at radius 2 is 1.49 bits per heavy atom. The quantitative estimate of drug-likeness (QED) is 0.120. The van der Waals surface area contributed by atoms with Gasteiger partial charge in [-0.05, 0) is 30.7 Å². The van der Waals surface area contributed by atoms with Crippen LogP contribution in [-0.4, -0.2) is 19.6 Å². The number of methoxy groups -OCH3 is 1. The molecule has 0 unspecified atom stereocenters. The van der Waals surface area contributed by atoms with E-state index in [1.165, 1.54) is 75.6 Å². The first-order valence-corrected chi connectivity index (χ1v) is 15.6. The van der Waals surface area contributed by atoms with Crippen LogP contribution < -0.4 is 19.4 Å². The number of nitrogens with one attached hydrogen (secondary N) is 1. The van der Waals surface area contributed by atoms with Crippen LogP contribution in [0.2, 0.25) is 0 Å². The molecule has 3 rings (SSSR count). The maximum absolute atomic E-state index is 12.8. The number of unbranched alkanes of at least 4 members (excludes halogenated alkanes) is 11. The van der Waals surface area contributed by atoms with E-state index in [4.69, 9.17) is 9.47 Å². The Bertz CT molecular complexity index is 1110. The first kappa shape index (κ1) is 30.7. The topological polar surface area (TPSA) is 51.4 Å². The molecule has 1 amide bonds. The van der Waals surface area contributed by atoms with Crippen LogP contribution >= 0.6 is 11.3 Å². The van der Waals surface area contributed by atoms with E-state index >= 15 is 0 Å². The van der Waals surface area contributed by atoms with Gasteiger partial charge in [0.15, 0.2) is 24.2 Å². The van der Waals surface area contributed by atoms with Gasteiger partial charge in [0.25, 0.3) is 5.91 Å². The number of hydrogen-bond acceptors (Lipinski definition) is 4. The van der Waals surface area contributed by atoms with Crippen molar-refractivity contribution >= 4 is 22.9 Å².